The van der Waals surface area contributed by atoms with Crippen molar-refractivity contribution in [3.05, 3.63) is 68.1 Å². The highest BCUT2D eigenvalue weighted by Gasteiger charge is 2.10. The molecule has 2 rings (SSSR count). The molecule has 6 heteroatoms. The topological polar surface area (TPSA) is 91.1 Å². The molecule has 2 aromatic rings. The molecular weight excluding hydrogens is 318 g/mol. The van der Waals surface area contributed by atoms with Crippen LogP contribution in [-0.4, -0.2) is 23.3 Å². The molecule has 0 saturated carbocycles. The number of aromatic nitrogens is 1. The van der Waals surface area contributed by atoms with Crippen molar-refractivity contribution in [1.82, 2.24) is 15.6 Å². The van der Waals surface area contributed by atoms with Gasteiger partial charge in [0, 0.05) is 23.4 Å². The molecule has 0 radical (unpaired) electrons. The van der Waals surface area contributed by atoms with Crippen LogP contribution >= 0.6 is 0 Å². The highest BCUT2D eigenvalue weighted by Crippen LogP contribution is 2.09. The summed E-state index contributed by atoms with van der Waals surface area (Å²) in [5, 5.41) is 5.24. The van der Waals surface area contributed by atoms with Crippen molar-refractivity contribution >= 4 is 11.8 Å². The third-order valence-electron chi connectivity index (χ3n) is 4.13. The fourth-order valence-electron chi connectivity index (χ4n) is 2.50. The monoisotopic (exact) mass is 341 g/mol. The minimum Gasteiger partial charge on any atom is -0.350 e. The summed E-state index contributed by atoms with van der Waals surface area (Å²) in [6.45, 7) is 7.51. The number of carbonyl (C=O) groups excluding carboxylic acids is 2. The molecule has 1 heterocycles. The van der Waals surface area contributed by atoms with Gasteiger partial charge in [0.25, 0.3) is 11.5 Å². The van der Waals surface area contributed by atoms with Gasteiger partial charge < -0.3 is 15.6 Å². The van der Waals surface area contributed by atoms with Crippen molar-refractivity contribution in [2.45, 2.75) is 34.2 Å². The van der Waals surface area contributed by atoms with Crippen LogP contribution in [0.4, 0.5) is 0 Å². The maximum atomic E-state index is 12.1. The Balaban J connectivity index is 1.90. The minimum atomic E-state index is -0.350. The number of benzene rings is 1. The summed E-state index contributed by atoms with van der Waals surface area (Å²) in [4.78, 5) is 38.6. The molecule has 0 atom stereocenters. The predicted molar refractivity (Wildman–Crippen MR) is 96.6 cm³/mol. The third-order valence-corrected chi connectivity index (χ3v) is 4.13. The molecule has 0 fully saturated rings. The molecule has 132 valence electrons. The molecule has 1 aromatic carbocycles. The Morgan fingerprint density at radius 3 is 2.32 bits per heavy atom. The average molecular weight is 341 g/mol. The zero-order valence-electron chi connectivity index (χ0n) is 14.9. The first-order valence-corrected chi connectivity index (χ1v) is 8.09. The summed E-state index contributed by atoms with van der Waals surface area (Å²) in [7, 11) is 0. The number of pyridine rings is 1. The molecule has 2 amide bonds. The second-order valence-corrected chi connectivity index (χ2v) is 6.20. The lowest BCUT2D eigenvalue weighted by Crippen LogP contribution is -2.37. The fourth-order valence-corrected chi connectivity index (χ4v) is 2.50. The number of amides is 2. The van der Waals surface area contributed by atoms with Gasteiger partial charge in [-0.25, -0.2) is 0 Å². The van der Waals surface area contributed by atoms with Gasteiger partial charge in [-0.05, 0) is 62.6 Å². The summed E-state index contributed by atoms with van der Waals surface area (Å²) in [5.41, 5.74) is 4.54. The number of carbonyl (C=O) groups is 2. The van der Waals surface area contributed by atoms with Crippen LogP contribution in [0.3, 0.4) is 0 Å². The van der Waals surface area contributed by atoms with E-state index in [1.54, 1.807) is 19.1 Å². The normalized spacial score (nSPS) is 10.4. The molecule has 0 aliphatic rings. The smallest absolute Gasteiger partial charge is 0.253 e. The lowest BCUT2D eigenvalue weighted by Gasteiger charge is -2.09. The van der Waals surface area contributed by atoms with E-state index >= 15 is 0 Å². The van der Waals surface area contributed by atoms with Crippen molar-refractivity contribution < 1.29 is 9.59 Å². The van der Waals surface area contributed by atoms with E-state index in [1.165, 1.54) is 0 Å². The highest BCUT2D eigenvalue weighted by atomic mass is 16.2. The van der Waals surface area contributed by atoms with Gasteiger partial charge in [0.05, 0.1) is 6.54 Å². The van der Waals surface area contributed by atoms with Gasteiger partial charge in [-0.15, -0.1) is 0 Å². The van der Waals surface area contributed by atoms with Crippen molar-refractivity contribution in [3.63, 3.8) is 0 Å². The number of hydrogen-bond donors (Lipinski definition) is 3. The Kier molecular flexibility index (Phi) is 5.75. The standard InChI is InChI=1S/C19H23N3O3/c1-11-5-6-15(8-12(11)2)18(24)21-10-17(23)20-9-16-13(3)7-14(4)22-19(16)25/h5-8H,9-10H2,1-4H3,(H,20,23)(H,21,24)(H,22,25). The van der Waals surface area contributed by atoms with E-state index in [9.17, 15) is 14.4 Å². The number of hydrogen-bond acceptors (Lipinski definition) is 3. The Hall–Kier alpha value is -2.89. The zero-order valence-corrected chi connectivity index (χ0v) is 14.9. The first-order chi connectivity index (χ1) is 11.8. The molecule has 0 unspecified atom stereocenters. The molecule has 0 spiro atoms. The quantitative estimate of drug-likeness (QED) is 0.772. The van der Waals surface area contributed by atoms with Crippen molar-refractivity contribution in [1.29, 1.82) is 0 Å². The second-order valence-electron chi connectivity index (χ2n) is 6.20. The van der Waals surface area contributed by atoms with Gasteiger partial charge in [0.15, 0.2) is 0 Å². The van der Waals surface area contributed by atoms with E-state index in [2.05, 4.69) is 15.6 Å². The molecule has 0 aliphatic heterocycles. The number of aromatic amines is 1. The Morgan fingerprint density at radius 2 is 1.68 bits per heavy atom. The summed E-state index contributed by atoms with van der Waals surface area (Å²) in [6.07, 6.45) is 0. The van der Waals surface area contributed by atoms with Crippen LogP contribution in [0.15, 0.2) is 29.1 Å². The van der Waals surface area contributed by atoms with Gasteiger partial charge in [0.2, 0.25) is 5.91 Å². The zero-order chi connectivity index (χ0) is 18.6. The van der Waals surface area contributed by atoms with Crippen LogP contribution in [0.25, 0.3) is 0 Å². The first-order valence-electron chi connectivity index (χ1n) is 8.09. The first kappa shape index (κ1) is 18.4. The van der Waals surface area contributed by atoms with Crippen LogP contribution in [0.5, 0.6) is 0 Å². The maximum absolute atomic E-state index is 12.1. The Morgan fingerprint density at radius 1 is 0.960 bits per heavy atom. The summed E-state index contributed by atoms with van der Waals surface area (Å²) >= 11 is 0. The lowest BCUT2D eigenvalue weighted by atomic mass is 10.1. The highest BCUT2D eigenvalue weighted by molar-refractivity contribution is 5.96. The van der Waals surface area contributed by atoms with Crippen molar-refractivity contribution in [2.24, 2.45) is 0 Å². The van der Waals surface area contributed by atoms with Gasteiger partial charge in [-0.3, -0.25) is 14.4 Å². The van der Waals surface area contributed by atoms with E-state index in [0.29, 0.717) is 11.1 Å². The van der Waals surface area contributed by atoms with Crippen LogP contribution in [-0.2, 0) is 11.3 Å². The molecule has 6 nitrogen and oxygen atoms in total. The molecule has 0 aliphatic carbocycles. The van der Waals surface area contributed by atoms with Crippen molar-refractivity contribution in [3.8, 4) is 0 Å². The third kappa shape index (κ3) is 4.79. The second kappa shape index (κ2) is 7.79. The van der Waals surface area contributed by atoms with E-state index < -0.39 is 0 Å². The number of nitrogens with one attached hydrogen (secondary N) is 3. The summed E-state index contributed by atoms with van der Waals surface area (Å²) in [5.74, 6) is -0.654. The minimum absolute atomic E-state index is 0.125. The Labute approximate surface area is 146 Å². The average Bonchev–Trinajstić information content (AvgIpc) is 2.54. The summed E-state index contributed by atoms with van der Waals surface area (Å²) < 4.78 is 0. The van der Waals surface area contributed by atoms with E-state index in [-0.39, 0.29) is 30.5 Å². The van der Waals surface area contributed by atoms with Crippen LogP contribution < -0.4 is 16.2 Å². The SMILES string of the molecule is Cc1cc(C)c(CNC(=O)CNC(=O)c2ccc(C)c(C)c2)c(=O)[nH]1. The van der Waals surface area contributed by atoms with E-state index in [4.69, 9.17) is 0 Å². The van der Waals surface area contributed by atoms with Crippen LogP contribution in [0.1, 0.15) is 38.3 Å². The predicted octanol–water partition coefficient (Wildman–Crippen LogP) is 1.65. The van der Waals surface area contributed by atoms with E-state index in [1.807, 2.05) is 32.9 Å². The number of H-pyrrole nitrogens is 1. The fraction of sp³-hybridized carbons (Fsp3) is 0.316. The molecule has 3 N–H and O–H groups in total. The largest absolute Gasteiger partial charge is 0.350 e. The van der Waals surface area contributed by atoms with Crippen LogP contribution in [0.2, 0.25) is 0 Å². The molecule has 0 bridgehead atoms. The van der Waals surface area contributed by atoms with Gasteiger partial charge in [0.1, 0.15) is 0 Å². The van der Waals surface area contributed by atoms with Gasteiger partial charge in [-0.2, -0.15) is 0 Å². The van der Waals surface area contributed by atoms with Crippen LogP contribution in [0, 0.1) is 27.7 Å². The summed E-state index contributed by atoms with van der Waals surface area (Å²) in [6, 6.07) is 7.24. The molecular formula is C19H23N3O3. The number of rotatable bonds is 5. The molecule has 1 aromatic heterocycles. The van der Waals surface area contributed by atoms with Gasteiger partial charge >= 0.3 is 0 Å². The lowest BCUT2D eigenvalue weighted by molar-refractivity contribution is -0.120. The van der Waals surface area contributed by atoms with Gasteiger partial charge in [-0.1, -0.05) is 6.07 Å². The maximum Gasteiger partial charge on any atom is 0.253 e. The molecule has 0 saturated heterocycles. The molecule has 25 heavy (non-hydrogen) atoms. The Bertz CT molecular complexity index is 869. The number of aryl methyl sites for hydroxylation is 4. The van der Waals surface area contributed by atoms with Crippen molar-refractivity contribution in [2.75, 3.05) is 6.54 Å². The van der Waals surface area contributed by atoms with E-state index in [0.717, 1.165) is 22.4 Å².